The third-order valence-corrected chi connectivity index (χ3v) is 2.71. The minimum atomic E-state index is 0.533. The lowest BCUT2D eigenvalue weighted by atomic mass is 10.00. The van der Waals surface area contributed by atoms with Gasteiger partial charge in [-0.25, -0.2) is 0 Å². The van der Waals surface area contributed by atoms with Crippen molar-refractivity contribution in [2.24, 2.45) is 0 Å². The van der Waals surface area contributed by atoms with Gasteiger partial charge in [-0.15, -0.1) is 11.6 Å². The van der Waals surface area contributed by atoms with E-state index in [1.165, 1.54) is 5.56 Å². The van der Waals surface area contributed by atoms with Crippen LogP contribution in [0.5, 0.6) is 5.75 Å². The Morgan fingerprint density at radius 2 is 2.12 bits per heavy atom. The highest BCUT2D eigenvalue weighted by atomic mass is 35.5. The van der Waals surface area contributed by atoms with Crippen LogP contribution in [0.4, 0.5) is 0 Å². The van der Waals surface area contributed by atoms with Gasteiger partial charge < -0.3 is 4.74 Å². The molecule has 0 saturated heterocycles. The molecule has 0 aliphatic heterocycles. The zero-order valence-corrected chi connectivity index (χ0v) is 10.9. The Bertz CT molecular complexity index is 356. The molecule has 16 heavy (non-hydrogen) atoms. The summed E-state index contributed by atoms with van der Waals surface area (Å²) in [5.41, 5.74) is 2.45. The molecule has 0 fully saturated rings. The molecule has 0 radical (unpaired) electrons. The van der Waals surface area contributed by atoms with Crippen LogP contribution < -0.4 is 4.74 Å². The van der Waals surface area contributed by atoms with Gasteiger partial charge >= 0.3 is 0 Å². The lowest BCUT2D eigenvalue weighted by molar-refractivity contribution is 0.413. The van der Waals surface area contributed by atoms with Gasteiger partial charge in [0.15, 0.2) is 0 Å². The van der Waals surface area contributed by atoms with Gasteiger partial charge in [0.1, 0.15) is 5.75 Å². The smallest absolute Gasteiger partial charge is 0.126 e. The molecule has 1 rings (SSSR count). The molecule has 0 aromatic heterocycles. The van der Waals surface area contributed by atoms with Gasteiger partial charge in [0.2, 0.25) is 0 Å². The number of benzene rings is 1. The number of hydrogen-bond acceptors (Lipinski definition) is 1. The second-order valence-electron chi connectivity index (χ2n) is 4.04. The summed E-state index contributed by atoms with van der Waals surface area (Å²) in [5.74, 6) is 2.10. The van der Waals surface area contributed by atoms with Crippen LogP contribution in [-0.2, 0) is 0 Å². The third-order valence-electron chi connectivity index (χ3n) is 2.49. The summed E-state index contributed by atoms with van der Waals surface area (Å²) in [5, 5.41) is 0. The molecule has 0 aliphatic rings. The fraction of sp³-hybridized carbons (Fsp3) is 0.429. The molecule has 0 aliphatic carbocycles. The largest absolute Gasteiger partial charge is 0.496 e. The summed E-state index contributed by atoms with van der Waals surface area (Å²) in [6, 6.07) is 6.31. The number of ether oxygens (including phenoxy) is 1. The first-order valence-corrected chi connectivity index (χ1v) is 6.13. The fourth-order valence-corrected chi connectivity index (χ4v) is 1.64. The van der Waals surface area contributed by atoms with E-state index in [2.05, 4.69) is 38.1 Å². The topological polar surface area (TPSA) is 9.23 Å². The first kappa shape index (κ1) is 13.1. The molecule has 0 bridgehead atoms. The summed E-state index contributed by atoms with van der Waals surface area (Å²) < 4.78 is 5.33. The van der Waals surface area contributed by atoms with E-state index >= 15 is 0 Å². The molecule has 88 valence electrons. The lowest BCUT2D eigenvalue weighted by Gasteiger charge is -2.10. The molecular formula is C14H19ClO. The zero-order chi connectivity index (χ0) is 12.0. The summed E-state index contributed by atoms with van der Waals surface area (Å²) in [6.07, 6.45) is 5.04. The number of allylic oxidation sites excluding steroid dienone is 1. The number of methoxy groups -OCH3 is 1. The summed E-state index contributed by atoms with van der Waals surface area (Å²) in [7, 11) is 1.70. The minimum absolute atomic E-state index is 0.533. The summed E-state index contributed by atoms with van der Waals surface area (Å²) in [4.78, 5) is 0. The standard InChI is InChI=1S/C14H19ClO/c1-11(2)12-7-8-14(16-3)13(10-12)6-4-5-9-15/h4,6-8,10-11H,5,9H2,1-3H3/b6-4+. The van der Waals surface area contributed by atoms with Crippen LogP contribution in [0.15, 0.2) is 24.3 Å². The SMILES string of the molecule is COc1ccc(C(C)C)cc1/C=C/CCCl. The Balaban J connectivity index is 2.97. The van der Waals surface area contributed by atoms with Crippen LogP contribution in [0.2, 0.25) is 0 Å². The lowest BCUT2D eigenvalue weighted by Crippen LogP contribution is -1.92. The van der Waals surface area contributed by atoms with Crippen molar-refractivity contribution in [3.05, 3.63) is 35.4 Å². The molecule has 0 atom stereocenters. The van der Waals surface area contributed by atoms with Crippen molar-refractivity contribution in [3.8, 4) is 5.75 Å². The van der Waals surface area contributed by atoms with Gasteiger partial charge in [-0.3, -0.25) is 0 Å². The second kappa shape index (κ2) is 6.59. The Labute approximate surface area is 103 Å². The maximum atomic E-state index is 5.64. The molecule has 1 aromatic carbocycles. The maximum Gasteiger partial charge on any atom is 0.126 e. The van der Waals surface area contributed by atoms with Gasteiger partial charge in [0, 0.05) is 11.4 Å². The van der Waals surface area contributed by atoms with Crippen molar-refractivity contribution < 1.29 is 4.74 Å². The predicted octanol–water partition coefficient (Wildman–Crippen LogP) is 4.46. The molecule has 0 amide bonds. The van der Waals surface area contributed by atoms with Crippen molar-refractivity contribution >= 4 is 17.7 Å². The van der Waals surface area contributed by atoms with Crippen molar-refractivity contribution in [2.45, 2.75) is 26.2 Å². The molecule has 1 aromatic rings. The Morgan fingerprint density at radius 3 is 2.69 bits per heavy atom. The van der Waals surface area contributed by atoms with Gasteiger partial charge in [-0.2, -0.15) is 0 Å². The van der Waals surface area contributed by atoms with E-state index in [0.29, 0.717) is 11.8 Å². The molecular weight excluding hydrogens is 220 g/mol. The van der Waals surface area contributed by atoms with Crippen LogP contribution in [0.25, 0.3) is 6.08 Å². The van der Waals surface area contributed by atoms with Gasteiger partial charge in [0.25, 0.3) is 0 Å². The van der Waals surface area contributed by atoms with E-state index < -0.39 is 0 Å². The first-order valence-electron chi connectivity index (χ1n) is 5.59. The highest BCUT2D eigenvalue weighted by Crippen LogP contribution is 2.25. The first-order chi connectivity index (χ1) is 7.69. The quantitative estimate of drug-likeness (QED) is 0.689. The highest BCUT2D eigenvalue weighted by Gasteiger charge is 2.04. The highest BCUT2D eigenvalue weighted by molar-refractivity contribution is 6.17. The van der Waals surface area contributed by atoms with Gasteiger partial charge in [0.05, 0.1) is 7.11 Å². The average molecular weight is 239 g/mol. The van der Waals surface area contributed by atoms with E-state index in [-0.39, 0.29) is 0 Å². The number of halogens is 1. The van der Waals surface area contributed by atoms with Crippen molar-refractivity contribution in [3.63, 3.8) is 0 Å². The van der Waals surface area contributed by atoms with Crippen molar-refractivity contribution in [2.75, 3.05) is 13.0 Å². The molecule has 0 saturated carbocycles. The van der Waals surface area contributed by atoms with E-state index in [1.54, 1.807) is 7.11 Å². The van der Waals surface area contributed by atoms with Gasteiger partial charge in [-0.05, 0) is 30.0 Å². The van der Waals surface area contributed by atoms with Crippen molar-refractivity contribution in [1.29, 1.82) is 0 Å². The molecule has 0 N–H and O–H groups in total. The Hall–Kier alpha value is -0.950. The van der Waals surface area contributed by atoms with E-state index in [4.69, 9.17) is 16.3 Å². The number of rotatable bonds is 5. The average Bonchev–Trinajstić information content (AvgIpc) is 2.29. The third kappa shape index (κ3) is 3.57. The van der Waals surface area contributed by atoms with Crippen LogP contribution in [0.1, 0.15) is 37.3 Å². The number of alkyl halides is 1. The number of hydrogen-bond donors (Lipinski definition) is 0. The molecule has 0 spiro atoms. The minimum Gasteiger partial charge on any atom is -0.496 e. The fourth-order valence-electron chi connectivity index (χ4n) is 1.52. The zero-order valence-electron chi connectivity index (χ0n) is 10.2. The molecule has 0 unspecified atom stereocenters. The van der Waals surface area contributed by atoms with E-state index in [1.807, 2.05) is 6.07 Å². The molecule has 2 heteroatoms. The van der Waals surface area contributed by atoms with Gasteiger partial charge in [-0.1, -0.05) is 32.1 Å². The van der Waals surface area contributed by atoms with Crippen LogP contribution in [0.3, 0.4) is 0 Å². The van der Waals surface area contributed by atoms with Crippen LogP contribution in [0, 0.1) is 0 Å². The monoisotopic (exact) mass is 238 g/mol. The predicted molar refractivity (Wildman–Crippen MR) is 71.5 cm³/mol. The van der Waals surface area contributed by atoms with Crippen LogP contribution in [-0.4, -0.2) is 13.0 Å². The summed E-state index contributed by atoms with van der Waals surface area (Å²) >= 11 is 5.64. The van der Waals surface area contributed by atoms with E-state index in [9.17, 15) is 0 Å². The maximum absolute atomic E-state index is 5.64. The normalized spacial score (nSPS) is 11.3. The Kier molecular flexibility index (Phi) is 5.41. The second-order valence-corrected chi connectivity index (χ2v) is 4.41. The molecule has 0 heterocycles. The Morgan fingerprint density at radius 1 is 1.38 bits per heavy atom. The summed E-state index contributed by atoms with van der Waals surface area (Å²) in [6.45, 7) is 4.38. The van der Waals surface area contributed by atoms with Crippen LogP contribution >= 0.6 is 11.6 Å². The molecule has 1 nitrogen and oxygen atoms in total. The van der Waals surface area contributed by atoms with Crippen molar-refractivity contribution in [1.82, 2.24) is 0 Å². The van der Waals surface area contributed by atoms with E-state index in [0.717, 1.165) is 17.7 Å².